The summed E-state index contributed by atoms with van der Waals surface area (Å²) >= 11 is 0. The minimum atomic E-state index is -0.131. The zero-order chi connectivity index (χ0) is 36.9. The van der Waals surface area contributed by atoms with Gasteiger partial charge in [0.2, 0.25) is 0 Å². The van der Waals surface area contributed by atoms with Crippen molar-refractivity contribution in [2.24, 2.45) is 0 Å². The Morgan fingerprint density at radius 1 is 0.364 bits per heavy atom. The molecule has 2 nitrogen and oxygen atoms in total. The number of hydrogen-bond donors (Lipinski definition) is 0. The van der Waals surface area contributed by atoms with Crippen LogP contribution in [0.3, 0.4) is 0 Å². The fraction of sp³-hybridized carbons (Fsp3) is 0.0566. The molecule has 0 aliphatic heterocycles. The van der Waals surface area contributed by atoms with Crippen molar-refractivity contribution < 1.29 is 0 Å². The number of fused-ring (bicyclic) bond motifs is 5. The van der Waals surface area contributed by atoms with Crippen LogP contribution in [0.2, 0.25) is 0 Å². The molecule has 0 saturated heterocycles. The largest absolute Gasteiger partial charge is 0.228 e. The Bertz CT molecular complexity index is 2820. The quantitative estimate of drug-likeness (QED) is 0.172. The van der Waals surface area contributed by atoms with Gasteiger partial charge in [-0.1, -0.05) is 172 Å². The minimum Gasteiger partial charge on any atom is -0.228 e. The van der Waals surface area contributed by atoms with E-state index in [1.54, 1.807) is 0 Å². The smallest absolute Gasteiger partial charge is 0.160 e. The zero-order valence-electron chi connectivity index (χ0n) is 30.9. The molecule has 0 saturated carbocycles. The Morgan fingerprint density at radius 2 is 0.873 bits per heavy atom. The number of hydrogen-bond acceptors (Lipinski definition) is 2. The number of aromatic nitrogens is 2. The molecule has 260 valence electrons. The number of nitrogens with zero attached hydrogens (tertiary/aromatic N) is 2. The third kappa shape index (κ3) is 5.75. The highest BCUT2D eigenvalue weighted by Crippen LogP contribution is 2.55. The van der Waals surface area contributed by atoms with E-state index in [4.69, 9.17) is 9.97 Å². The van der Waals surface area contributed by atoms with Crippen LogP contribution in [0.1, 0.15) is 25.0 Å². The fourth-order valence-electron chi connectivity index (χ4n) is 8.56. The van der Waals surface area contributed by atoms with Crippen LogP contribution in [0.25, 0.3) is 89.2 Å². The molecule has 9 aromatic rings. The number of rotatable bonds is 6. The molecule has 55 heavy (non-hydrogen) atoms. The molecule has 0 bridgehead atoms. The molecule has 0 fully saturated rings. The van der Waals surface area contributed by atoms with E-state index in [2.05, 4.69) is 202 Å². The lowest BCUT2D eigenvalue weighted by Crippen LogP contribution is -2.15. The first-order valence-electron chi connectivity index (χ1n) is 19.0. The summed E-state index contributed by atoms with van der Waals surface area (Å²) in [4.78, 5) is 10.6. The van der Waals surface area contributed by atoms with Gasteiger partial charge in [0, 0.05) is 22.1 Å². The number of benzene rings is 8. The lowest BCUT2D eigenvalue weighted by atomic mass is 9.79. The minimum absolute atomic E-state index is 0.131. The molecule has 8 aromatic carbocycles. The van der Waals surface area contributed by atoms with Crippen LogP contribution in [-0.2, 0) is 5.41 Å². The van der Waals surface area contributed by atoms with Gasteiger partial charge in [0.05, 0.1) is 11.4 Å². The summed E-state index contributed by atoms with van der Waals surface area (Å²) in [7, 11) is 0. The van der Waals surface area contributed by atoms with Gasteiger partial charge in [-0.3, -0.25) is 0 Å². The van der Waals surface area contributed by atoms with Gasteiger partial charge in [-0.05, 0) is 103 Å². The predicted octanol–water partition coefficient (Wildman–Crippen LogP) is 13.9. The van der Waals surface area contributed by atoms with E-state index in [9.17, 15) is 0 Å². The first-order chi connectivity index (χ1) is 27.0. The van der Waals surface area contributed by atoms with Gasteiger partial charge in [0.1, 0.15) is 0 Å². The van der Waals surface area contributed by atoms with E-state index in [1.807, 2.05) is 6.07 Å². The van der Waals surface area contributed by atoms with E-state index in [1.165, 1.54) is 49.7 Å². The Kier molecular flexibility index (Phi) is 7.85. The van der Waals surface area contributed by atoms with Gasteiger partial charge in [0.15, 0.2) is 5.82 Å². The molecule has 2 heteroatoms. The molecule has 0 N–H and O–H groups in total. The van der Waals surface area contributed by atoms with Crippen LogP contribution >= 0.6 is 0 Å². The molecule has 0 amide bonds. The summed E-state index contributed by atoms with van der Waals surface area (Å²) in [6.45, 7) is 4.73. The highest BCUT2D eigenvalue weighted by Gasteiger charge is 2.38. The van der Waals surface area contributed by atoms with Crippen molar-refractivity contribution in [3.05, 3.63) is 205 Å². The summed E-state index contributed by atoms with van der Waals surface area (Å²) in [6.07, 6.45) is 0. The van der Waals surface area contributed by atoms with E-state index in [0.717, 1.165) is 44.8 Å². The summed E-state index contributed by atoms with van der Waals surface area (Å²) in [5.41, 5.74) is 17.1. The lowest BCUT2D eigenvalue weighted by molar-refractivity contribution is 0.666. The van der Waals surface area contributed by atoms with Crippen LogP contribution in [-0.4, -0.2) is 9.97 Å². The summed E-state index contributed by atoms with van der Waals surface area (Å²) in [5, 5.41) is 2.56. The van der Waals surface area contributed by atoms with Gasteiger partial charge in [-0.25, -0.2) is 9.97 Å². The zero-order valence-corrected chi connectivity index (χ0v) is 30.9. The second-order valence-corrected chi connectivity index (χ2v) is 15.0. The van der Waals surface area contributed by atoms with E-state index >= 15 is 0 Å². The molecule has 0 spiro atoms. The first kappa shape index (κ1) is 32.7. The molecule has 10 rings (SSSR count). The van der Waals surface area contributed by atoms with Crippen molar-refractivity contribution in [2.45, 2.75) is 19.3 Å². The molecular weight excluding hydrogens is 665 g/mol. The van der Waals surface area contributed by atoms with Crippen molar-refractivity contribution in [3.63, 3.8) is 0 Å². The standard InChI is InChI=1S/C53H38N2/c1-53(2)47-28-15-14-27-45(47)50-46(33-39-23-12-13-26-44(39)51(50)53)38-24-16-25-40(29-38)52-54-48(37-21-10-5-11-22-37)34-49(55-52)43-31-41(35-17-6-3-7-18-35)30-42(32-43)36-19-8-4-9-20-36/h3-34H,1-2H3. The highest BCUT2D eigenvalue weighted by atomic mass is 14.9. The van der Waals surface area contributed by atoms with E-state index in [-0.39, 0.29) is 5.41 Å². The molecule has 1 aliphatic rings. The third-order valence-corrected chi connectivity index (χ3v) is 11.2. The van der Waals surface area contributed by atoms with E-state index in [0.29, 0.717) is 5.82 Å². The van der Waals surface area contributed by atoms with E-state index < -0.39 is 0 Å². The van der Waals surface area contributed by atoms with Crippen molar-refractivity contribution in [1.29, 1.82) is 0 Å². The van der Waals surface area contributed by atoms with Gasteiger partial charge < -0.3 is 0 Å². The van der Waals surface area contributed by atoms with Gasteiger partial charge >= 0.3 is 0 Å². The molecule has 1 heterocycles. The maximum absolute atomic E-state index is 5.37. The van der Waals surface area contributed by atoms with Gasteiger partial charge in [0.25, 0.3) is 0 Å². The maximum Gasteiger partial charge on any atom is 0.160 e. The Hall–Kier alpha value is -6.90. The SMILES string of the molecule is CC1(C)c2ccccc2-c2c(-c3cccc(-c4nc(-c5ccccc5)cc(-c5cc(-c6ccccc6)cc(-c6ccccc6)c5)n4)c3)cc3ccccc3c21. The van der Waals surface area contributed by atoms with Crippen LogP contribution in [0, 0.1) is 0 Å². The Balaban J connectivity index is 1.18. The monoisotopic (exact) mass is 702 g/mol. The van der Waals surface area contributed by atoms with Gasteiger partial charge in [-0.15, -0.1) is 0 Å². The van der Waals surface area contributed by atoms with Crippen molar-refractivity contribution in [1.82, 2.24) is 9.97 Å². The maximum atomic E-state index is 5.37. The lowest BCUT2D eigenvalue weighted by Gasteiger charge is -2.24. The average Bonchev–Trinajstić information content (AvgIpc) is 3.50. The average molecular weight is 703 g/mol. The first-order valence-corrected chi connectivity index (χ1v) is 19.0. The highest BCUT2D eigenvalue weighted by molar-refractivity contribution is 6.05. The van der Waals surface area contributed by atoms with Gasteiger partial charge in [-0.2, -0.15) is 0 Å². The van der Waals surface area contributed by atoms with Crippen LogP contribution in [0.5, 0.6) is 0 Å². The molecule has 0 atom stereocenters. The second-order valence-electron chi connectivity index (χ2n) is 15.0. The fourth-order valence-corrected chi connectivity index (χ4v) is 8.56. The van der Waals surface area contributed by atoms with Crippen molar-refractivity contribution in [2.75, 3.05) is 0 Å². The van der Waals surface area contributed by atoms with Crippen LogP contribution in [0.15, 0.2) is 194 Å². The summed E-state index contributed by atoms with van der Waals surface area (Å²) in [5.74, 6) is 0.697. The Morgan fingerprint density at radius 3 is 1.56 bits per heavy atom. The molecule has 0 unspecified atom stereocenters. The van der Waals surface area contributed by atoms with Crippen molar-refractivity contribution in [3.8, 4) is 78.4 Å². The third-order valence-electron chi connectivity index (χ3n) is 11.2. The topological polar surface area (TPSA) is 25.8 Å². The molecular formula is C53H38N2. The second kappa shape index (κ2) is 13.2. The normalized spacial score (nSPS) is 12.7. The van der Waals surface area contributed by atoms with Crippen molar-refractivity contribution >= 4 is 10.8 Å². The molecule has 1 aromatic heterocycles. The summed E-state index contributed by atoms with van der Waals surface area (Å²) in [6, 6.07) is 69.5. The predicted molar refractivity (Wildman–Crippen MR) is 230 cm³/mol. The summed E-state index contributed by atoms with van der Waals surface area (Å²) < 4.78 is 0. The molecule has 0 radical (unpaired) electrons. The Labute approximate surface area is 322 Å². The van der Waals surface area contributed by atoms with Crippen LogP contribution < -0.4 is 0 Å². The molecule has 1 aliphatic carbocycles. The van der Waals surface area contributed by atoms with Crippen LogP contribution in [0.4, 0.5) is 0 Å².